The summed E-state index contributed by atoms with van der Waals surface area (Å²) in [4.78, 5) is 12.2. The predicted molar refractivity (Wildman–Crippen MR) is 90.9 cm³/mol. The molecule has 0 radical (unpaired) electrons. The fourth-order valence-electron chi connectivity index (χ4n) is 2.27. The van der Waals surface area contributed by atoms with Crippen molar-refractivity contribution in [3.8, 4) is 0 Å². The molecular weight excluding hydrogens is 331 g/mol. The summed E-state index contributed by atoms with van der Waals surface area (Å²) in [5, 5.41) is 2.55. The Bertz CT molecular complexity index is 819. The van der Waals surface area contributed by atoms with Crippen molar-refractivity contribution in [1.82, 2.24) is 4.31 Å². The topological polar surface area (TPSA) is 66.5 Å². The number of para-hydroxylation sites is 1. The van der Waals surface area contributed by atoms with Crippen molar-refractivity contribution >= 4 is 21.6 Å². The molecule has 0 unspecified atom stereocenters. The molecule has 0 aliphatic carbocycles. The van der Waals surface area contributed by atoms with Crippen LogP contribution in [-0.2, 0) is 10.0 Å². The summed E-state index contributed by atoms with van der Waals surface area (Å²) in [5.74, 6) is -1.47. The quantitative estimate of drug-likeness (QED) is 0.870. The van der Waals surface area contributed by atoms with Gasteiger partial charge in [-0.25, -0.2) is 12.8 Å². The van der Waals surface area contributed by atoms with Crippen LogP contribution in [0, 0.1) is 5.82 Å². The van der Waals surface area contributed by atoms with Gasteiger partial charge in [0.25, 0.3) is 5.91 Å². The van der Waals surface area contributed by atoms with E-state index in [1.165, 1.54) is 10.4 Å². The average Bonchev–Trinajstić information content (AvgIpc) is 2.56. The highest BCUT2D eigenvalue weighted by atomic mass is 32.2. The molecule has 5 nitrogen and oxygen atoms in total. The Morgan fingerprint density at radius 2 is 1.71 bits per heavy atom. The zero-order valence-corrected chi connectivity index (χ0v) is 14.3. The number of amides is 1. The molecule has 2 rings (SSSR count). The van der Waals surface area contributed by atoms with E-state index in [2.05, 4.69) is 5.32 Å². The summed E-state index contributed by atoms with van der Waals surface area (Å²) in [5.41, 5.74) is 0.186. The molecule has 0 aliphatic rings. The van der Waals surface area contributed by atoms with E-state index < -0.39 is 21.7 Å². The Morgan fingerprint density at radius 3 is 2.29 bits per heavy atom. The lowest BCUT2D eigenvalue weighted by molar-refractivity contribution is 0.102. The number of nitrogens with one attached hydrogen (secondary N) is 1. The molecule has 2 aromatic rings. The number of benzene rings is 2. The zero-order valence-electron chi connectivity index (χ0n) is 13.5. The first-order chi connectivity index (χ1) is 11.4. The van der Waals surface area contributed by atoms with Crippen LogP contribution in [0.3, 0.4) is 0 Å². The van der Waals surface area contributed by atoms with Crippen LogP contribution < -0.4 is 5.32 Å². The third kappa shape index (κ3) is 3.80. The molecule has 0 atom stereocenters. The fraction of sp³-hybridized carbons (Fsp3) is 0.235. The molecule has 0 aromatic heterocycles. The molecule has 0 bridgehead atoms. The highest BCUT2D eigenvalue weighted by Gasteiger charge is 2.24. The van der Waals surface area contributed by atoms with Gasteiger partial charge in [-0.1, -0.05) is 32.0 Å². The van der Waals surface area contributed by atoms with Crippen LogP contribution in [-0.4, -0.2) is 31.7 Å². The number of anilines is 1. The number of hydrogen-bond acceptors (Lipinski definition) is 3. The van der Waals surface area contributed by atoms with Gasteiger partial charge in [0.1, 0.15) is 5.82 Å². The maximum absolute atomic E-state index is 14.0. The maximum Gasteiger partial charge on any atom is 0.258 e. The molecular formula is C17H19FN2O3S. The summed E-state index contributed by atoms with van der Waals surface area (Å²) in [7, 11) is -3.76. The van der Waals surface area contributed by atoms with Crippen LogP contribution in [0.25, 0.3) is 0 Å². The molecule has 128 valence electrons. The molecule has 0 heterocycles. The van der Waals surface area contributed by atoms with Crippen molar-refractivity contribution in [3.05, 3.63) is 59.9 Å². The summed E-state index contributed by atoms with van der Waals surface area (Å²) in [6.45, 7) is 4.02. The molecule has 0 aliphatic heterocycles. The molecule has 2 aromatic carbocycles. The summed E-state index contributed by atoms with van der Waals surface area (Å²) >= 11 is 0. The van der Waals surface area contributed by atoms with E-state index in [0.717, 1.165) is 12.1 Å². The minimum Gasteiger partial charge on any atom is -0.322 e. The molecule has 0 saturated carbocycles. The molecule has 1 amide bonds. The van der Waals surface area contributed by atoms with E-state index in [4.69, 9.17) is 0 Å². The minimum absolute atomic E-state index is 0.106. The third-order valence-corrected chi connectivity index (χ3v) is 5.60. The van der Waals surface area contributed by atoms with Gasteiger partial charge in [-0.15, -0.1) is 0 Å². The van der Waals surface area contributed by atoms with Crippen LogP contribution in [0.4, 0.5) is 10.1 Å². The molecule has 24 heavy (non-hydrogen) atoms. The number of nitrogens with zero attached hydrogens (tertiary/aromatic N) is 1. The molecule has 0 fully saturated rings. The Labute approximate surface area is 141 Å². The first-order valence-electron chi connectivity index (χ1n) is 7.56. The lowest BCUT2D eigenvalue weighted by Crippen LogP contribution is -2.31. The smallest absolute Gasteiger partial charge is 0.258 e. The Morgan fingerprint density at radius 1 is 1.08 bits per heavy atom. The number of halogens is 1. The highest BCUT2D eigenvalue weighted by molar-refractivity contribution is 7.89. The number of sulfonamides is 1. The van der Waals surface area contributed by atoms with Gasteiger partial charge < -0.3 is 5.32 Å². The number of rotatable bonds is 6. The van der Waals surface area contributed by atoms with Crippen LogP contribution >= 0.6 is 0 Å². The van der Waals surface area contributed by atoms with E-state index in [1.807, 2.05) is 0 Å². The second-order valence-electron chi connectivity index (χ2n) is 5.05. The zero-order chi connectivity index (χ0) is 17.7. The average molecular weight is 350 g/mol. The van der Waals surface area contributed by atoms with Crippen molar-refractivity contribution in [3.63, 3.8) is 0 Å². The Hall–Kier alpha value is -2.25. The maximum atomic E-state index is 14.0. The van der Waals surface area contributed by atoms with E-state index in [9.17, 15) is 17.6 Å². The van der Waals surface area contributed by atoms with E-state index in [-0.39, 0.29) is 10.5 Å². The fourth-order valence-corrected chi connectivity index (χ4v) is 3.76. The first-order valence-corrected chi connectivity index (χ1v) is 9.00. The van der Waals surface area contributed by atoms with Gasteiger partial charge in [0, 0.05) is 18.8 Å². The Balaban J connectivity index is 2.37. The number of carbonyl (C=O) groups excluding carboxylic acids is 1. The molecule has 1 N–H and O–H groups in total. The second-order valence-corrected chi connectivity index (χ2v) is 6.99. The van der Waals surface area contributed by atoms with Gasteiger partial charge in [-0.2, -0.15) is 4.31 Å². The van der Waals surface area contributed by atoms with Crippen molar-refractivity contribution in [2.24, 2.45) is 0 Å². The van der Waals surface area contributed by atoms with Gasteiger partial charge in [-0.05, 0) is 30.3 Å². The van der Waals surface area contributed by atoms with Crippen molar-refractivity contribution in [1.29, 1.82) is 0 Å². The van der Waals surface area contributed by atoms with Crippen LogP contribution in [0.15, 0.2) is 53.4 Å². The Kier molecular flexibility index (Phi) is 5.69. The van der Waals surface area contributed by atoms with Crippen LogP contribution in [0.5, 0.6) is 0 Å². The van der Waals surface area contributed by atoms with E-state index in [1.54, 1.807) is 44.2 Å². The number of carbonyl (C=O) groups is 1. The first kappa shape index (κ1) is 18.1. The summed E-state index contributed by atoms with van der Waals surface area (Å²) in [6.07, 6.45) is 0. The van der Waals surface area contributed by atoms with E-state index in [0.29, 0.717) is 18.8 Å². The van der Waals surface area contributed by atoms with Crippen molar-refractivity contribution < 1.29 is 17.6 Å². The largest absolute Gasteiger partial charge is 0.322 e. The van der Waals surface area contributed by atoms with Gasteiger partial charge in [0.15, 0.2) is 0 Å². The summed E-state index contributed by atoms with van der Waals surface area (Å²) < 4.78 is 40.3. The molecule has 0 saturated heterocycles. The predicted octanol–water partition coefficient (Wildman–Crippen LogP) is 3.11. The SMILES string of the molecule is CCN(CC)S(=O)(=O)c1ccc(F)c(C(=O)Nc2ccccc2)c1. The van der Waals surface area contributed by atoms with Gasteiger partial charge in [0.2, 0.25) is 10.0 Å². The van der Waals surface area contributed by atoms with Crippen molar-refractivity contribution in [2.45, 2.75) is 18.7 Å². The summed E-state index contributed by atoms with van der Waals surface area (Å²) in [6, 6.07) is 11.8. The minimum atomic E-state index is -3.76. The second kappa shape index (κ2) is 7.55. The standard InChI is InChI=1S/C17H19FN2O3S/c1-3-20(4-2)24(22,23)14-10-11-16(18)15(12-14)17(21)19-13-8-6-5-7-9-13/h5-12H,3-4H2,1-2H3,(H,19,21). The molecule has 7 heteroatoms. The lowest BCUT2D eigenvalue weighted by atomic mass is 10.2. The van der Waals surface area contributed by atoms with Crippen molar-refractivity contribution in [2.75, 3.05) is 18.4 Å². The normalized spacial score (nSPS) is 11.5. The highest BCUT2D eigenvalue weighted by Crippen LogP contribution is 2.20. The van der Waals surface area contributed by atoms with Gasteiger partial charge in [-0.3, -0.25) is 4.79 Å². The van der Waals surface area contributed by atoms with E-state index >= 15 is 0 Å². The number of hydrogen-bond donors (Lipinski definition) is 1. The molecule has 0 spiro atoms. The van der Waals surface area contributed by atoms with Crippen LogP contribution in [0.2, 0.25) is 0 Å². The van der Waals surface area contributed by atoms with Crippen LogP contribution in [0.1, 0.15) is 24.2 Å². The van der Waals surface area contributed by atoms with Gasteiger partial charge in [0.05, 0.1) is 10.5 Å². The lowest BCUT2D eigenvalue weighted by Gasteiger charge is -2.19. The monoisotopic (exact) mass is 350 g/mol. The van der Waals surface area contributed by atoms with Gasteiger partial charge >= 0.3 is 0 Å². The third-order valence-electron chi connectivity index (χ3n) is 3.56.